The third-order valence-electron chi connectivity index (χ3n) is 10.8. The molecule has 12 rings (SSSR count). The van der Waals surface area contributed by atoms with E-state index in [1.165, 1.54) is 21.5 Å². The fourth-order valence-corrected chi connectivity index (χ4v) is 8.25. The molecule has 0 spiro atoms. The molecule has 0 amide bonds. The van der Waals surface area contributed by atoms with Crippen LogP contribution >= 0.6 is 0 Å². The third-order valence-corrected chi connectivity index (χ3v) is 10.8. The minimum absolute atomic E-state index is 0.558. The van der Waals surface area contributed by atoms with Gasteiger partial charge in [-0.05, 0) is 59.3 Å². The van der Waals surface area contributed by atoms with Gasteiger partial charge in [0.25, 0.3) is 0 Å². The molecule has 0 radical (unpaired) electrons. The Morgan fingerprint density at radius 1 is 0.345 bits per heavy atom. The second-order valence-corrected chi connectivity index (χ2v) is 14.0. The van der Waals surface area contributed by atoms with Crippen LogP contribution in [0.3, 0.4) is 0 Å². The van der Waals surface area contributed by atoms with Gasteiger partial charge in [0.05, 0.1) is 16.7 Å². The molecule has 256 valence electrons. The number of rotatable bonds is 4. The summed E-state index contributed by atoms with van der Waals surface area (Å²) < 4.78 is 15.2. The van der Waals surface area contributed by atoms with Gasteiger partial charge in [0.2, 0.25) is 0 Å². The number of para-hydroxylation sites is 3. The van der Waals surface area contributed by atoms with Crippen LogP contribution in [0.5, 0.6) is 0 Å². The highest BCUT2D eigenvalue weighted by Crippen LogP contribution is 2.42. The van der Waals surface area contributed by atoms with Crippen molar-refractivity contribution in [2.45, 2.75) is 0 Å². The van der Waals surface area contributed by atoms with E-state index in [1.807, 2.05) is 72.8 Å². The molecule has 0 saturated heterocycles. The number of hydrogen-bond acceptors (Lipinski definition) is 5. The normalized spacial score (nSPS) is 12.0. The minimum atomic E-state index is 0.558. The number of fused-ring (bicyclic) bond motifs is 10. The van der Waals surface area contributed by atoms with E-state index in [9.17, 15) is 0 Å². The predicted octanol–water partition coefficient (Wildman–Crippen LogP) is 12.9. The van der Waals surface area contributed by atoms with Crippen LogP contribution < -0.4 is 0 Å². The van der Waals surface area contributed by atoms with Crippen LogP contribution in [-0.2, 0) is 0 Å². The van der Waals surface area contributed by atoms with Gasteiger partial charge in [-0.3, -0.25) is 0 Å². The van der Waals surface area contributed by atoms with E-state index >= 15 is 0 Å². The molecular formula is C49H28N4O2. The van der Waals surface area contributed by atoms with Crippen LogP contribution in [0.15, 0.2) is 179 Å². The Balaban J connectivity index is 1.19. The second-order valence-electron chi connectivity index (χ2n) is 14.0. The topological polar surface area (TPSA) is 69.9 Å². The Morgan fingerprint density at radius 3 is 1.71 bits per heavy atom. The SMILES string of the molecule is c1ccc(-c2nc(-c3ccc4c(c3)oc3ccccc34)nc(-c3cc4c(cc3-n3c5ccccc5c5cc6ccccc6cc53)oc3ccccc34)n2)cc1. The van der Waals surface area contributed by atoms with E-state index in [0.29, 0.717) is 17.5 Å². The summed E-state index contributed by atoms with van der Waals surface area (Å²) in [6.45, 7) is 0. The summed E-state index contributed by atoms with van der Waals surface area (Å²) in [5.74, 6) is 1.70. The Hall–Kier alpha value is -7.57. The molecule has 0 aliphatic rings. The van der Waals surface area contributed by atoms with Crippen molar-refractivity contribution in [1.82, 2.24) is 19.5 Å². The van der Waals surface area contributed by atoms with Gasteiger partial charge in [-0.1, -0.05) is 115 Å². The Kier molecular flexibility index (Phi) is 6.24. The maximum absolute atomic E-state index is 6.55. The van der Waals surface area contributed by atoms with Crippen molar-refractivity contribution >= 4 is 76.5 Å². The molecule has 0 aliphatic heterocycles. The van der Waals surface area contributed by atoms with Crippen LogP contribution in [0.2, 0.25) is 0 Å². The van der Waals surface area contributed by atoms with Crippen molar-refractivity contribution in [2.24, 2.45) is 0 Å². The Bertz CT molecular complexity index is 3500. The maximum atomic E-state index is 6.55. The molecule has 0 aliphatic carbocycles. The lowest BCUT2D eigenvalue weighted by atomic mass is 10.0. The number of aromatic nitrogens is 4. The first-order chi connectivity index (χ1) is 27.2. The first-order valence-electron chi connectivity index (χ1n) is 18.3. The number of hydrogen-bond donors (Lipinski definition) is 0. The van der Waals surface area contributed by atoms with E-state index in [0.717, 1.165) is 77.3 Å². The zero-order valence-electron chi connectivity index (χ0n) is 29.3. The highest BCUT2D eigenvalue weighted by atomic mass is 16.3. The molecule has 12 aromatic rings. The van der Waals surface area contributed by atoms with E-state index in [2.05, 4.69) is 102 Å². The number of benzene rings is 8. The largest absolute Gasteiger partial charge is 0.456 e. The average molecular weight is 705 g/mol. The van der Waals surface area contributed by atoms with Crippen LogP contribution in [0.1, 0.15) is 0 Å². The fourth-order valence-electron chi connectivity index (χ4n) is 8.25. The van der Waals surface area contributed by atoms with E-state index in [-0.39, 0.29) is 0 Å². The van der Waals surface area contributed by atoms with Crippen molar-refractivity contribution in [3.05, 3.63) is 170 Å². The van der Waals surface area contributed by atoms with Gasteiger partial charge in [-0.25, -0.2) is 15.0 Å². The van der Waals surface area contributed by atoms with E-state index < -0.39 is 0 Å². The molecule has 0 bridgehead atoms. The maximum Gasteiger partial charge on any atom is 0.166 e. The summed E-state index contributed by atoms with van der Waals surface area (Å²) in [5.41, 5.74) is 8.93. The smallest absolute Gasteiger partial charge is 0.166 e. The Morgan fingerprint density at radius 2 is 0.927 bits per heavy atom. The second kappa shape index (κ2) is 11.5. The predicted molar refractivity (Wildman–Crippen MR) is 223 cm³/mol. The van der Waals surface area contributed by atoms with Crippen LogP contribution in [-0.4, -0.2) is 19.5 Å². The first-order valence-corrected chi connectivity index (χ1v) is 18.3. The summed E-state index contributed by atoms with van der Waals surface area (Å²) in [7, 11) is 0. The van der Waals surface area contributed by atoms with Gasteiger partial charge >= 0.3 is 0 Å². The average Bonchev–Trinajstić information content (AvgIpc) is 3.91. The summed E-state index contributed by atoms with van der Waals surface area (Å²) in [6, 6.07) is 58.6. The minimum Gasteiger partial charge on any atom is -0.456 e. The van der Waals surface area contributed by atoms with Crippen LogP contribution in [0, 0.1) is 0 Å². The molecule has 6 nitrogen and oxygen atoms in total. The van der Waals surface area contributed by atoms with Gasteiger partial charge in [-0.15, -0.1) is 0 Å². The lowest BCUT2D eigenvalue weighted by molar-refractivity contribution is 0.668. The molecule has 0 saturated carbocycles. The van der Waals surface area contributed by atoms with Gasteiger partial charge in [0, 0.05) is 55.1 Å². The summed E-state index contributed by atoms with van der Waals surface area (Å²) >= 11 is 0. The summed E-state index contributed by atoms with van der Waals surface area (Å²) in [5, 5.41) is 8.86. The molecule has 0 N–H and O–H groups in total. The zero-order valence-corrected chi connectivity index (χ0v) is 29.3. The molecule has 4 heterocycles. The fraction of sp³-hybridized carbons (Fsp3) is 0. The zero-order chi connectivity index (χ0) is 36.0. The molecule has 8 aromatic carbocycles. The molecule has 0 fully saturated rings. The number of nitrogens with zero attached hydrogens (tertiary/aromatic N) is 4. The molecule has 6 heteroatoms. The highest BCUT2D eigenvalue weighted by Gasteiger charge is 2.23. The summed E-state index contributed by atoms with van der Waals surface area (Å²) in [4.78, 5) is 15.7. The van der Waals surface area contributed by atoms with Crippen molar-refractivity contribution in [3.8, 4) is 39.9 Å². The molecule has 0 atom stereocenters. The standard InChI is InChI=1S/C49H28N4O2/c1-2-12-29(13-3-1)47-50-48(32-22-23-36-34-17-7-10-20-43(34)54-45(36)26-32)52-49(51-47)39-27-38-35-18-8-11-21-44(35)55-46(38)28-42(39)53-40-19-9-6-16-33(40)37-24-30-14-4-5-15-31(30)25-41(37)53/h1-28H. The van der Waals surface area contributed by atoms with E-state index in [1.54, 1.807) is 0 Å². The highest BCUT2D eigenvalue weighted by molar-refractivity contribution is 6.15. The van der Waals surface area contributed by atoms with Crippen LogP contribution in [0.4, 0.5) is 0 Å². The van der Waals surface area contributed by atoms with Crippen molar-refractivity contribution in [3.63, 3.8) is 0 Å². The van der Waals surface area contributed by atoms with Gasteiger partial charge in [-0.2, -0.15) is 0 Å². The molecule has 4 aromatic heterocycles. The molecule has 0 unspecified atom stereocenters. The Labute approximate surface area is 313 Å². The van der Waals surface area contributed by atoms with Gasteiger partial charge in [0.15, 0.2) is 17.5 Å². The monoisotopic (exact) mass is 704 g/mol. The first kappa shape index (κ1) is 29.9. The molecular weight excluding hydrogens is 677 g/mol. The summed E-state index contributed by atoms with van der Waals surface area (Å²) in [6.07, 6.45) is 0. The van der Waals surface area contributed by atoms with Crippen molar-refractivity contribution in [2.75, 3.05) is 0 Å². The van der Waals surface area contributed by atoms with Crippen molar-refractivity contribution in [1.29, 1.82) is 0 Å². The lowest BCUT2D eigenvalue weighted by Gasteiger charge is -2.15. The third kappa shape index (κ3) is 4.58. The molecule has 55 heavy (non-hydrogen) atoms. The lowest BCUT2D eigenvalue weighted by Crippen LogP contribution is -2.04. The van der Waals surface area contributed by atoms with E-state index in [4.69, 9.17) is 23.8 Å². The van der Waals surface area contributed by atoms with Gasteiger partial charge < -0.3 is 13.4 Å². The quantitative estimate of drug-likeness (QED) is 0.182. The van der Waals surface area contributed by atoms with Crippen molar-refractivity contribution < 1.29 is 8.83 Å². The van der Waals surface area contributed by atoms with Crippen LogP contribution in [0.25, 0.3) is 116 Å². The van der Waals surface area contributed by atoms with Gasteiger partial charge in [0.1, 0.15) is 22.3 Å². The number of furan rings is 2.